The summed E-state index contributed by atoms with van der Waals surface area (Å²) in [6, 6.07) is 8.81. The molecule has 7 rings (SSSR count). The van der Waals surface area contributed by atoms with Gasteiger partial charge in [0.1, 0.15) is 22.7 Å². The Hall–Kier alpha value is -4.86. The first-order chi connectivity index (χ1) is 18.7. The number of nitrogens with zero attached hydrogens (tertiary/aromatic N) is 4. The van der Waals surface area contributed by atoms with Gasteiger partial charge in [0.05, 0.1) is 40.8 Å². The predicted octanol–water partition coefficient (Wildman–Crippen LogP) is 6.09. The Kier molecular flexibility index (Phi) is 5.24. The second-order valence-corrected chi connectivity index (χ2v) is 9.51. The Morgan fingerprint density at radius 3 is 2.79 bits per heavy atom. The molecular formula is C28H22FN7O2. The van der Waals surface area contributed by atoms with E-state index in [2.05, 4.69) is 30.5 Å². The number of pyridine rings is 2. The minimum absolute atomic E-state index is 0.0105. The normalized spacial score (nSPS) is 14.0. The van der Waals surface area contributed by atoms with Crippen molar-refractivity contribution < 1.29 is 13.6 Å². The van der Waals surface area contributed by atoms with Crippen molar-refractivity contribution >= 4 is 33.5 Å². The first-order valence-electron chi connectivity index (χ1n) is 12.5. The van der Waals surface area contributed by atoms with E-state index in [0.717, 1.165) is 36.8 Å². The maximum absolute atomic E-state index is 16.1. The van der Waals surface area contributed by atoms with E-state index in [1.165, 1.54) is 0 Å². The Morgan fingerprint density at radius 1 is 1.05 bits per heavy atom. The zero-order valence-electron chi connectivity index (χ0n) is 20.2. The van der Waals surface area contributed by atoms with Crippen molar-refractivity contribution in [1.82, 2.24) is 30.1 Å². The molecule has 1 aromatic carbocycles. The highest BCUT2D eigenvalue weighted by molar-refractivity contribution is 5.98. The summed E-state index contributed by atoms with van der Waals surface area (Å²) in [6.45, 7) is 0. The van der Waals surface area contributed by atoms with E-state index in [4.69, 9.17) is 9.40 Å². The third-order valence-electron chi connectivity index (χ3n) is 7.13. The summed E-state index contributed by atoms with van der Waals surface area (Å²) in [7, 11) is 0. The number of hydrogen-bond donors (Lipinski definition) is 3. The van der Waals surface area contributed by atoms with Gasteiger partial charge >= 0.3 is 0 Å². The van der Waals surface area contributed by atoms with Gasteiger partial charge in [0.25, 0.3) is 0 Å². The average Bonchev–Trinajstić information content (AvgIpc) is 3.74. The van der Waals surface area contributed by atoms with Crippen LogP contribution in [0, 0.1) is 11.7 Å². The van der Waals surface area contributed by atoms with Gasteiger partial charge in [-0.05, 0) is 43.2 Å². The van der Waals surface area contributed by atoms with Gasteiger partial charge < -0.3 is 14.7 Å². The fourth-order valence-corrected chi connectivity index (χ4v) is 5.21. The van der Waals surface area contributed by atoms with Gasteiger partial charge in [-0.25, -0.2) is 9.37 Å². The lowest BCUT2D eigenvalue weighted by Gasteiger charge is -2.11. The number of halogens is 1. The van der Waals surface area contributed by atoms with Crippen molar-refractivity contribution in [1.29, 1.82) is 0 Å². The van der Waals surface area contributed by atoms with E-state index < -0.39 is 5.82 Å². The molecule has 9 nitrogen and oxygen atoms in total. The summed E-state index contributed by atoms with van der Waals surface area (Å²) in [4.78, 5) is 29.3. The standard InChI is InChI=1S/C28H22FN7O2/c29-23-19(17-11-18(13-30-12-17)32-28(37)15-3-1-2-4-15)5-6-20-22(23)26(36-35-20)27-33-21-7-9-31-24(25(21)34-27)16-8-10-38-14-16/h5-15H,1-4H2,(H,32,37)(H,33,34)(H,35,36). The molecule has 1 fully saturated rings. The third kappa shape index (κ3) is 3.73. The number of amides is 1. The highest BCUT2D eigenvalue weighted by Gasteiger charge is 2.24. The molecule has 0 bridgehead atoms. The molecule has 188 valence electrons. The Labute approximate surface area is 215 Å². The molecule has 0 unspecified atom stereocenters. The van der Waals surface area contributed by atoms with Gasteiger partial charge in [-0.3, -0.25) is 19.9 Å². The third-order valence-corrected chi connectivity index (χ3v) is 7.13. The van der Waals surface area contributed by atoms with Crippen LogP contribution in [0.4, 0.5) is 10.1 Å². The molecule has 1 amide bonds. The number of carbonyl (C=O) groups is 1. The van der Waals surface area contributed by atoms with E-state index in [-0.39, 0.29) is 11.8 Å². The van der Waals surface area contributed by atoms with Gasteiger partial charge in [0.15, 0.2) is 5.82 Å². The molecule has 1 saturated carbocycles. The molecule has 1 aliphatic rings. The fraction of sp³-hybridized carbons (Fsp3) is 0.179. The van der Waals surface area contributed by atoms with Gasteiger partial charge in [0, 0.05) is 35.0 Å². The van der Waals surface area contributed by atoms with Crippen molar-refractivity contribution in [3.63, 3.8) is 0 Å². The molecule has 0 radical (unpaired) electrons. The first-order valence-corrected chi connectivity index (χ1v) is 12.5. The van der Waals surface area contributed by atoms with E-state index >= 15 is 4.39 Å². The highest BCUT2D eigenvalue weighted by Crippen LogP contribution is 2.35. The second-order valence-electron chi connectivity index (χ2n) is 9.51. The topological polar surface area (TPSA) is 125 Å². The highest BCUT2D eigenvalue weighted by atomic mass is 19.1. The summed E-state index contributed by atoms with van der Waals surface area (Å²) in [5, 5.41) is 10.5. The largest absolute Gasteiger partial charge is 0.472 e. The van der Waals surface area contributed by atoms with Crippen molar-refractivity contribution in [2.24, 2.45) is 5.92 Å². The number of fused-ring (bicyclic) bond motifs is 2. The van der Waals surface area contributed by atoms with Gasteiger partial charge in [-0.2, -0.15) is 5.10 Å². The first kappa shape index (κ1) is 22.3. The maximum Gasteiger partial charge on any atom is 0.227 e. The van der Waals surface area contributed by atoms with Crippen LogP contribution in [0.2, 0.25) is 0 Å². The minimum atomic E-state index is -0.457. The van der Waals surface area contributed by atoms with Gasteiger partial charge in [-0.1, -0.05) is 12.8 Å². The van der Waals surface area contributed by atoms with Crippen molar-refractivity contribution in [2.45, 2.75) is 25.7 Å². The zero-order valence-corrected chi connectivity index (χ0v) is 20.2. The summed E-state index contributed by atoms with van der Waals surface area (Å²) in [5.74, 6) is -0.0337. The van der Waals surface area contributed by atoms with Crippen LogP contribution < -0.4 is 5.32 Å². The number of H-pyrrole nitrogens is 2. The van der Waals surface area contributed by atoms with Crippen molar-refractivity contribution in [3.8, 4) is 33.9 Å². The lowest BCUT2D eigenvalue weighted by molar-refractivity contribution is -0.119. The number of hydrogen-bond acceptors (Lipinski definition) is 6. The molecule has 0 atom stereocenters. The number of aromatic amines is 2. The summed E-state index contributed by atoms with van der Waals surface area (Å²) in [5.41, 5.74) is 5.16. The summed E-state index contributed by atoms with van der Waals surface area (Å²) in [6.07, 6.45) is 12.0. The Bertz CT molecular complexity index is 1800. The Balaban J connectivity index is 1.28. The zero-order chi connectivity index (χ0) is 25.6. The van der Waals surface area contributed by atoms with E-state index in [1.54, 1.807) is 49.3 Å². The molecular weight excluding hydrogens is 485 g/mol. The van der Waals surface area contributed by atoms with Crippen LogP contribution in [0.15, 0.2) is 65.9 Å². The monoisotopic (exact) mass is 507 g/mol. The van der Waals surface area contributed by atoms with E-state index in [9.17, 15) is 4.79 Å². The molecule has 6 aromatic rings. The minimum Gasteiger partial charge on any atom is -0.472 e. The second kappa shape index (κ2) is 8.91. The summed E-state index contributed by atoms with van der Waals surface area (Å²) < 4.78 is 21.3. The van der Waals surface area contributed by atoms with E-state index in [1.807, 2.05) is 12.1 Å². The smallest absolute Gasteiger partial charge is 0.227 e. The molecule has 38 heavy (non-hydrogen) atoms. The number of imidazole rings is 1. The van der Waals surface area contributed by atoms with Crippen LogP contribution in [0.25, 0.3) is 55.8 Å². The van der Waals surface area contributed by atoms with E-state index in [0.29, 0.717) is 50.4 Å². The van der Waals surface area contributed by atoms with Gasteiger partial charge in [0.2, 0.25) is 5.91 Å². The quantitative estimate of drug-likeness (QED) is 0.259. The average molecular weight is 508 g/mol. The fourth-order valence-electron chi connectivity index (χ4n) is 5.21. The number of furan rings is 1. The molecule has 3 N–H and O–H groups in total. The van der Waals surface area contributed by atoms with Crippen molar-refractivity contribution in [2.75, 3.05) is 5.32 Å². The summed E-state index contributed by atoms with van der Waals surface area (Å²) >= 11 is 0. The van der Waals surface area contributed by atoms with Crippen LogP contribution in [0.1, 0.15) is 25.7 Å². The number of anilines is 1. The molecule has 1 aliphatic carbocycles. The Morgan fingerprint density at radius 2 is 1.95 bits per heavy atom. The molecule has 10 heteroatoms. The number of rotatable bonds is 5. The molecule has 0 aliphatic heterocycles. The van der Waals surface area contributed by atoms with Gasteiger partial charge in [-0.15, -0.1) is 0 Å². The SMILES string of the molecule is O=C(Nc1cncc(-c2ccc3[nH]nc(-c4nc5c(-c6ccoc6)nccc5[nH]4)c3c2F)c1)C1CCCC1. The number of nitrogens with one attached hydrogen (secondary N) is 3. The van der Waals surface area contributed by atoms with Crippen LogP contribution in [0.5, 0.6) is 0 Å². The number of carbonyl (C=O) groups excluding carboxylic acids is 1. The lowest BCUT2D eigenvalue weighted by atomic mass is 10.0. The van der Waals surface area contributed by atoms with Crippen LogP contribution >= 0.6 is 0 Å². The number of aromatic nitrogens is 6. The van der Waals surface area contributed by atoms with Crippen molar-refractivity contribution in [3.05, 3.63) is 67.3 Å². The molecule has 5 heterocycles. The molecule has 0 saturated heterocycles. The van der Waals surface area contributed by atoms with Crippen LogP contribution in [0.3, 0.4) is 0 Å². The lowest BCUT2D eigenvalue weighted by Crippen LogP contribution is -2.20. The van der Waals surface area contributed by atoms with Crippen LogP contribution in [-0.2, 0) is 4.79 Å². The number of benzene rings is 1. The molecule has 5 aromatic heterocycles. The maximum atomic E-state index is 16.1. The predicted molar refractivity (Wildman–Crippen MR) is 140 cm³/mol. The van der Waals surface area contributed by atoms with Crippen LogP contribution in [-0.4, -0.2) is 36.0 Å². The molecule has 0 spiro atoms.